The highest BCUT2D eigenvalue weighted by atomic mass is 16.3. The summed E-state index contributed by atoms with van der Waals surface area (Å²) < 4.78 is 1.55. The number of aromatic hydroxyl groups is 1. The van der Waals surface area contributed by atoms with E-state index >= 15 is 0 Å². The Kier molecular flexibility index (Phi) is 5.39. The van der Waals surface area contributed by atoms with E-state index in [1.807, 2.05) is 32.0 Å². The molecule has 0 aliphatic rings. The lowest BCUT2D eigenvalue weighted by atomic mass is 10.1. The van der Waals surface area contributed by atoms with Crippen LogP contribution in [0, 0.1) is 0 Å². The molecule has 0 aliphatic heterocycles. The van der Waals surface area contributed by atoms with Crippen molar-refractivity contribution in [2.75, 3.05) is 27.2 Å². The summed E-state index contributed by atoms with van der Waals surface area (Å²) >= 11 is 0. The minimum absolute atomic E-state index is 0.184. The third-order valence-electron chi connectivity index (χ3n) is 3.66. The lowest BCUT2D eigenvalue weighted by molar-refractivity contribution is 0.0946. The molecule has 23 heavy (non-hydrogen) atoms. The Labute approximate surface area is 135 Å². The zero-order valence-corrected chi connectivity index (χ0v) is 13.8. The van der Waals surface area contributed by atoms with Crippen LogP contribution in [0.1, 0.15) is 23.7 Å². The number of aryl methyl sites for hydroxylation is 1. The second-order valence-corrected chi connectivity index (χ2v) is 5.76. The van der Waals surface area contributed by atoms with E-state index in [2.05, 4.69) is 5.32 Å². The van der Waals surface area contributed by atoms with Gasteiger partial charge in [-0.05, 0) is 32.6 Å². The van der Waals surface area contributed by atoms with Crippen molar-refractivity contribution >= 4 is 16.8 Å². The third kappa shape index (κ3) is 3.53. The van der Waals surface area contributed by atoms with Gasteiger partial charge in [-0.1, -0.05) is 19.1 Å². The molecule has 1 aromatic heterocycles. The van der Waals surface area contributed by atoms with Gasteiger partial charge in [0.25, 0.3) is 11.5 Å². The SMILES string of the molecule is CCCn1c(=O)c(C(=O)NCCN(C)C)c(O)c2ccccc21. The van der Waals surface area contributed by atoms with Crippen LogP contribution >= 0.6 is 0 Å². The van der Waals surface area contributed by atoms with Crippen LogP contribution in [0.3, 0.4) is 0 Å². The van der Waals surface area contributed by atoms with Crippen LogP contribution in [-0.2, 0) is 6.54 Å². The fourth-order valence-electron chi connectivity index (χ4n) is 2.52. The van der Waals surface area contributed by atoms with Crippen LogP contribution < -0.4 is 10.9 Å². The van der Waals surface area contributed by atoms with Crippen LogP contribution in [-0.4, -0.2) is 47.7 Å². The average molecular weight is 317 g/mol. The second kappa shape index (κ2) is 7.28. The summed E-state index contributed by atoms with van der Waals surface area (Å²) in [5.74, 6) is -0.787. The summed E-state index contributed by atoms with van der Waals surface area (Å²) in [6.07, 6.45) is 0.760. The van der Waals surface area contributed by atoms with Gasteiger partial charge in [-0.2, -0.15) is 0 Å². The van der Waals surface area contributed by atoms with Crippen LogP contribution in [0.2, 0.25) is 0 Å². The number of hydrogen-bond donors (Lipinski definition) is 2. The molecule has 0 saturated heterocycles. The van der Waals surface area contributed by atoms with Crippen LogP contribution in [0.15, 0.2) is 29.1 Å². The number of nitrogens with zero attached hydrogens (tertiary/aromatic N) is 2. The molecule has 0 atom stereocenters. The lowest BCUT2D eigenvalue weighted by Crippen LogP contribution is -2.36. The highest BCUT2D eigenvalue weighted by Crippen LogP contribution is 2.26. The fraction of sp³-hybridized carbons (Fsp3) is 0.412. The number of carbonyl (C=O) groups is 1. The number of para-hydroxylation sites is 1. The van der Waals surface area contributed by atoms with Gasteiger partial charge >= 0.3 is 0 Å². The predicted molar refractivity (Wildman–Crippen MR) is 91.1 cm³/mol. The number of pyridine rings is 1. The number of nitrogens with one attached hydrogen (secondary N) is 1. The van der Waals surface area contributed by atoms with Crippen molar-refractivity contribution in [3.05, 3.63) is 40.2 Å². The molecule has 0 radical (unpaired) electrons. The predicted octanol–water partition coefficient (Wildman–Crippen LogP) is 1.41. The number of hydrogen-bond acceptors (Lipinski definition) is 4. The van der Waals surface area contributed by atoms with Gasteiger partial charge in [-0.15, -0.1) is 0 Å². The Balaban J connectivity index is 2.51. The molecule has 6 heteroatoms. The monoisotopic (exact) mass is 317 g/mol. The molecule has 0 fully saturated rings. The second-order valence-electron chi connectivity index (χ2n) is 5.76. The Morgan fingerprint density at radius 1 is 1.30 bits per heavy atom. The van der Waals surface area contributed by atoms with Crippen molar-refractivity contribution < 1.29 is 9.90 Å². The molecule has 1 heterocycles. The summed E-state index contributed by atoms with van der Waals surface area (Å²) in [6.45, 7) is 3.52. The normalized spacial score (nSPS) is 11.1. The number of rotatable bonds is 6. The van der Waals surface area contributed by atoms with Crippen molar-refractivity contribution in [2.45, 2.75) is 19.9 Å². The Morgan fingerprint density at radius 3 is 2.65 bits per heavy atom. The van der Waals surface area contributed by atoms with Gasteiger partial charge in [0.05, 0.1) is 5.52 Å². The number of aromatic nitrogens is 1. The largest absolute Gasteiger partial charge is 0.506 e. The summed E-state index contributed by atoms with van der Waals surface area (Å²) in [5.41, 5.74) is 0.00278. The Hall–Kier alpha value is -2.34. The third-order valence-corrected chi connectivity index (χ3v) is 3.66. The molecule has 124 valence electrons. The van der Waals surface area contributed by atoms with Crippen molar-refractivity contribution in [1.29, 1.82) is 0 Å². The molecular formula is C17H23N3O3. The molecule has 0 bridgehead atoms. The first kappa shape index (κ1) is 17.0. The van der Waals surface area contributed by atoms with Crippen LogP contribution in [0.25, 0.3) is 10.9 Å². The standard InChI is InChI=1S/C17H23N3O3/c1-4-10-20-13-8-6-5-7-12(13)15(21)14(17(20)23)16(22)18-9-11-19(2)3/h5-8,21H,4,9-11H2,1-3H3,(H,18,22). The maximum Gasteiger partial charge on any atom is 0.267 e. The van der Waals surface area contributed by atoms with Crippen LogP contribution in [0.4, 0.5) is 0 Å². The number of fused-ring (bicyclic) bond motifs is 1. The fourth-order valence-corrected chi connectivity index (χ4v) is 2.52. The van der Waals surface area contributed by atoms with Crippen molar-refractivity contribution in [1.82, 2.24) is 14.8 Å². The van der Waals surface area contributed by atoms with E-state index in [-0.39, 0.29) is 11.3 Å². The van der Waals surface area contributed by atoms with Gasteiger partial charge in [-0.25, -0.2) is 0 Å². The van der Waals surface area contributed by atoms with E-state index in [4.69, 9.17) is 0 Å². The van der Waals surface area contributed by atoms with Crippen LogP contribution in [0.5, 0.6) is 5.75 Å². The molecule has 0 aliphatic carbocycles. The molecule has 2 rings (SSSR count). The zero-order chi connectivity index (χ0) is 17.0. The van der Waals surface area contributed by atoms with Gasteiger partial charge in [0.1, 0.15) is 11.3 Å². The van der Waals surface area contributed by atoms with Gasteiger partial charge in [0.15, 0.2) is 0 Å². The summed E-state index contributed by atoms with van der Waals surface area (Å²) in [4.78, 5) is 27.0. The molecule has 6 nitrogen and oxygen atoms in total. The Bertz CT molecular complexity index is 766. The number of amides is 1. The molecule has 1 aromatic carbocycles. The average Bonchev–Trinajstić information content (AvgIpc) is 2.51. The van der Waals surface area contributed by atoms with E-state index in [9.17, 15) is 14.7 Å². The smallest absolute Gasteiger partial charge is 0.267 e. The first-order chi connectivity index (χ1) is 11.0. The highest BCUT2D eigenvalue weighted by Gasteiger charge is 2.21. The number of likely N-dealkylation sites (N-methyl/N-ethyl adjacent to an activating group) is 1. The minimum atomic E-state index is -0.537. The van der Waals surface area contributed by atoms with Crippen molar-refractivity contribution in [2.24, 2.45) is 0 Å². The zero-order valence-electron chi connectivity index (χ0n) is 13.8. The van der Waals surface area contributed by atoms with Gasteiger partial charge in [0.2, 0.25) is 0 Å². The highest BCUT2D eigenvalue weighted by molar-refractivity contribution is 6.02. The van der Waals surface area contributed by atoms with E-state index < -0.39 is 11.5 Å². The topological polar surface area (TPSA) is 74.6 Å². The van der Waals surface area contributed by atoms with E-state index in [0.29, 0.717) is 30.5 Å². The quantitative estimate of drug-likeness (QED) is 0.845. The van der Waals surface area contributed by atoms with E-state index in [0.717, 1.165) is 6.42 Å². The molecule has 1 amide bonds. The van der Waals surface area contributed by atoms with Crippen molar-refractivity contribution in [3.8, 4) is 5.75 Å². The first-order valence-corrected chi connectivity index (χ1v) is 7.74. The minimum Gasteiger partial charge on any atom is -0.506 e. The molecular weight excluding hydrogens is 294 g/mol. The van der Waals surface area contributed by atoms with Gasteiger partial charge in [0, 0.05) is 25.0 Å². The Morgan fingerprint density at radius 2 is 2.00 bits per heavy atom. The van der Waals surface area contributed by atoms with E-state index in [1.165, 1.54) is 0 Å². The van der Waals surface area contributed by atoms with E-state index in [1.54, 1.807) is 22.8 Å². The molecule has 0 saturated carbocycles. The number of carbonyl (C=O) groups excluding carboxylic acids is 1. The molecule has 0 unspecified atom stereocenters. The maximum atomic E-state index is 12.7. The van der Waals surface area contributed by atoms with Gasteiger partial charge in [-0.3, -0.25) is 9.59 Å². The lowest BCUT2D eigenvalue weighted by Gasteiger charge is -2.15. The van der Waals surface area contributed by atoms with Gasteiger partial charge < -0.3 is 19.9 Å². The number of benzene rings is 1. The summed E-state index contributed by atoms with van der Waals surface area (Å²) in [6, 6.07) is 7.08. The molecule has 2 N–H and O–H groups in total. The maximum absolute atomic E-state index is 12.7. The molecule has 2 aromatic rings. The van der Waals surface area contributed by atoms with Crippen molar-refractivity contribution in [3.63, 3.8) is 0 Å². The summed E-state index contributed by atoms with van der Waals surface area (Å²) in [5, 5.41) is 13.6. The summed E-state index contributed by atoms with van der Waals surface area (Å²) in [7, 11) is 3.79. The molecule has 0 spiro atoms. The first-order valence-electron chi connectivity index (χ1n) is 7.74.